The van der Waals surface area contributed by atoms with E-state index in [9.17, 15) is 4.79 Å². The van der Waals surface area contributed by atoms with Gasteiger partial charge in [0.1, 0.15) is 0 Å². The van der Waals surface area contributed by atoms with Crippen LogP contribution in [0.1, 0.15) is 35.7 Å². The van der Waals surface area contributed by atoms with Gasteiger partial charge in [0.2, 0.25) is 0 Å². The molecule has 5 rings (SSSR count). The largest absolute Gasteiger partial charge is 0.369 e. The smallest absolute Gasteiger partial charge is 0.252 e. The number of halogens is 1. The van der Waals surface area contributed by atoms with E-state index in [1.807, 2.05) is 24.3 Å². The lowest BCUT2D eigenvalue weighted by molar-refractivity contribution is 0.0824. The highest BCUT2D eigenvalue weighted by molar-refractivity contribution is 6.31. The number of piperazine rings is 1. The quantitative estimate of drug-likeness (QED) is 0.363. The Hall–Kier alpha value is -3.02. The molecule has 1 saturated heterocycles. The van der Waals surface area contributed by atoms with Gasteiger partial charge in [-0.3, -0.25) is 9.69 Å². The molecule has 1 aromatic heterocycles. The molecule has 1 fully saturated rings. The first-order valence-corrected chi connectivity index (χ1v) is 12.9. The van der Waals surface area contributed by atoms with Gasteiger partial charge in [-0.25, -0.2) is 0 Å². The van der Waals surface area contributed by atoms with Crippen LogP contribution in [0, 0.1) is 6.92 Å². The number of rotatable bonds is 6. The Kier molecular flexibility index (Phi) is 6.72. The fraction of sp³-hybridized carbons (Fsp3) is 0.345. The van der Waals surface area contributed by atoms with Gasteiger partial charge in [0.05, 0.1) is 6.17 Å². The standard InChI is InChI=1S/C29H33ClN4O/c1-4-8-28(34-17-15-33(16-18-34)25-12-7-10-24(30)20(25)2)31-29(35)21-13-14-23-22-9-5-6-11-26(22)32(3)27(23)19-21/h5-7,9-14,19,28H,4,8,15-18H2,1-3H3,(H,31,35). The summed E-state index contributed by atoms with van der Waals surface area (Å²) in [4.78, 5) is 18.1. The number of anilines is 1. The maximum absolute atomic E-state index is 13.3. The Labute approximate surface area is 212 Å². The van der Waals surface area contributed by atoms with Gasteiger partial charge in [0, 0.05) is 71.3 Å². The first kappa shape index (κ1) is 23.7. The van der Waals surface area contributed by atoms with E-state index in [1.54, 1.807) is 0 Å². The molecule has 4 aromatic rings. The molecule has 0 aliphatic carbocycles. The van der Waals surface area contributed by atoms with E-state index in [1.165, 1.54) is 22.0 Å². The number of hydrogen-bond donors (Lipinski definition) is 1. The summed E-state index contributed by atoms with van der Waals surface area (Å²) in [5.74, 6) is -0.0104. The Morgan fingerprint density at radius 1 is 0.971 bits per heavy atom. The van der Waals surface area contributed by atoms with Crippen LogP contribution in [0.3, 0.4) is 0 Å². The zero-order valence-electron chi connectivity index (χ0n) is 20.7. The fourth-order valence-corrected chi connectivity index (χ4v) is 5.54. The molecule has 1 aliphatic rings. The summed E-state index contributed by atoms with van der Waals surface area (Å²) in [5, 5.41) is 6.54. The van der Waals surface area contributed by atoms with Crippen molar-refractivity contribution in [2.24, 2.45) is 7.05 Å². The number of nitrogens with zero attached hydrogens (tertiary/aromatic N) is 3. The van der Waals surface area contributed by atoms with Gasteiger partial charge in [-0.2, -0.15) is 0 Å². The van der Waals surface area contributed by atoms with Crippen LogP contribution in [0.4, 0.5) is 5.69 Å². The van der Waals surface area contributed by atoms with Crippen LogP contribution < -0.4 is 10.2 Å². The number of fused-ring (bicyclic) bond motifs is 3. The van der Waals surface area contributed by atoms with Crippen molar-refractivity contribution >= 4 is 45.0 Å². The number of hydrogen-bond acceptors (Lipinski definition) is 3. The SMILES string of the molecule is CCCC(NC(=O)c1ccc2c3ccccc3n(C)c2c1)N1CCN(c2cccc(Cl)c2C)CC1. The molecule has 0 saturated carbocycles. The summed E-state index contributed by atoms with van der Waals surface area (Å²) in [5.41, 5.74) is 5.30. The molecule has 2 heterocycles. The highest BCUT2D eigenvalue weighted by Gasteiger charge is 2.26. The molecule has 6 heteroatoms. The van der Waals surface area contributed by atoms with Crippen molar-refractivity contribution in [1.82, 2.24) is 14.8 Å². The van der Waals surface area contributed by atoms with Crippen LogP contribution in [0.25, 0.3) is 21.8 Å². The first-order chi connectivity index (χ1) is 17.0. The van der Waals surface area contributed by atoms with Crippen LogP contribution in [0.15, 0.2) is 60.7 Å². The molecular weight excluding hydrogens is 456 g/mol. The molecular formula is C29H33ClN4O. The monoisotopic (exact) mass is 488 g/mol. The topological polar surface area (TPSA) is 40.5 Å². The van der Waals surface area contributed by atoms with E-state index in [0.717, 1.165) is 55.1 Å². The maximum atomic E-state index is 13.3. The predicted molar refractivity (Wildman–Crippen MR) is 147 cm³/mol. The van der Waals surface area contributed by atoms with Crippen molar-refractivity contribution in [2.45, 2.75) is 32.9 Å². The average molecular weight is 489 g/mol. The second-order valence-corrected chi connectivity index (χ2v) is 9.90. The number of carbonyl (C=O) groups is 1. The molecule has 1 aliphatic heterocycles. The summed E-state index contributed by atoms with van der Waals surface area (Å²) in [6, 6.07) is 20.5. The van der Waals surface area contributed by atoms with Gasteiger partial charge in [-0.05, 0) is 49.2 Å². The lowest BCUT2D eigenvalue weighted by Crippen LogP contribution is -2.56. The van der Waals surface area contributed by atoms with E-state index >= 15 is 0 Å². The normalized spacial score (nSPS) is 15.6. The number of carbonyl (C=O) groups excluding carboxylic acids is 1. The number of amides is 1. The number of aryl methyl sites for hydroxylation is 1. The molecule has 0 bridgehead atoms. The summed E-state index contributed by atoms with van der Waals surface area (Å²) >= 11 is 6.35. The van der Waals surface area contributed by atoms with Gasteiger partial charge in [0.15, 0.2) is 0 Å². The van der Waals surface area contributed by atoms with E-state index in [-0.39, 0.29) is 12.1 Å². The molecule has 3 aromatic carbocycles. The van der Waals surface area contributed by atoms with Crippen molar-refractivity contribution in [2.75, 3.05) is 31.1 Å². The van der Waals surface area contributed by atoms with Crippen LogP contribution in [-0.2, 0) is 7.05 Å². The Morgan fingerprint density at radius 3 is 2.49 bits per heavy atom. The Balaban J connectivity index is 1.31. The lowest BCUT2D eigenvalue weighted by Gasteiger charge is -2.41. The highest BCUT2D eigenvalue weighted by atomic mass is 35.5. The van der Waals surface area contributed by atoms with Crippen LogP contribution >= 0.6 is 11.6 Å². The molecule has 5 nitrogen and oxygen atoms in total. The van der Waals surface area contributed by atoms with E-state index < -0.39 is 0 Å². The Morgan fingerprint density at radius 2 is 1.71 bits per heavy atom. The van der Waals surface area contributed by atoms with Crippen molar-refractivity contribution in [3.05, 3.63) is 76.8 Å². The molecule has 1 unspecified atom stereocenters. The number of para-hydroxylation sites is 1. The van der Waals surface area contributed by atoms with Gasteiger partial charge in [-0.1, -0.05) is 55.3 Å². The Bertz CT molecular complexity index is 1370. The van der Waals surface area contributed by atoms with Gasteiger partial charge >= 0.3 is 0 Å². The van der Waals surface area contributed by atoms with E-state index in [4.69, 9.17) is 11.6 Å². The third-order valence-corrected chi connectivity index (χ3v) is 7.78. The van der Waals surface area contributed by atoms with Crippen LogP contribution in [0.2, 0.25) is 5.02 Å². The summed E-state index contributed by atoms with van der Waals surface area (Å²) in [6.07, 6.45) is 1.97. The van der Waals surface area contributed by atoms with Crippen molar-refractivity contribution < 1.29 is 4.79 Å². The van der Waals surface area contributed by atoms with Crippen molar-refractivity contribution in [1.29, 1.82) is 0 Å². The zero-order valence-corrected chi connectivity index (χ0v) is 21.5. The first-order valence-electron chi connectivity index (χ1n) is 12.5. The molecule has 0 radical (unpaired) electrons. The summed E-state index contributed by atoms with van der Waals surface area (Å²) in [6.45, 7) is 7.89. The minimum Gasteiger partial charge on any atom is -0.369 e. The highest BCUT2D eigenvalue weighted by Crippen LogP contribution is 2.29. The number of aromatic nitrogens is 1. The third-order valence-electron chi connectivity index (χ3n) is 7.37. The molecule has 0 spiro atoms. The van der Waals surface area contributed by atoms with Gasteiger partial charge in [-0.15, -0.1) is 0 Å². The average Bonchev–Trinajstić information content (AvgIpc) is 3.17. The van der Waals surface area contributed by atoms with E-state index in [0.29, 0.717) is 5.56 Å². The fourth-order valence-electron chi connectivity index (χ4n) is 5.37. The third kappa shape index (κ3) is 4.51. The second kappa shape index (κ2) is 9.92. The summed E-state index contributed by atoms with van der Waals surface area (Å²) < 4.78 is 2.17. The minimum atomic E-state index is -0.0104. The maximum Gasteiger partial charge on any atom is 0.252 e. The van der Waals surface area contributed by atoms with Crippen LogP contribution in [0.5, 0.6) is 0 Å². The van der Waals surface area contributed by atoms with Crippen molar-refractivity contribution in [3.8, 4) is 0 Å². The van der Waals surface area contributed by atoms with Crippen molar-refractivity contribution in [3.63, 3.8) is 0 Å². The van der Waals surface area contributed by atoms with Gasteiger partial charge in [0.25, 0.3) is 5.91 Å². The van der Waals surface area contributed by atoms with Crippen LogP contribution in [-0.4, -0.2) is 47.7 Å². The molecule has 1 N–H and O–H groups in total. The molecule has 1 amide bonds. The number of nitrogens with one attached hydrogen (secondary N) is 1. The molecule has 1 atom stereocenters. The minimum absolute atomic E-state index is 0.0104. The van der Waals surface area contributed by atoms with E-state index in [2.05, 4.69) is 77.0 Å². The molecule has 35 heavy (non-hydrogen) atoms. The predicted octanol–water partition coefficient (Wildman–Crippen LogP) is 5.97. The second-order valence-electron chi connectivity index (χ2n) is 9.49. The number of benzene rings is 3. The van der Waals surface area contributed by atoms with Gasteiger partial charge < -0.3 is 14.8 Å². The zero-order chi connectivity index (χ0) is 24.5. The molecule has 182 valence electrons. The lowest BCUT2D eigenvalue weighted by atomic mass is 10.1. The summed E-state index contributed by atoms with van der Waals surface area (Å²) in [7, 11) is 2.06.